The Morgan fingerprint density at radius 3 is 2.39 bits per heavy atom. The summed E-state index contributed by atoms with van der Waals surface area (Å²) in [6.45, 7) is 5.16. The van der Waals surface area contributed by atoms with E-state index in [1.807, 2.05) is 65.6 Å². The highest BCUT2D eigenvalue weighted by atomic mass is 16.2. The van der Waals surface area contributed by atoms with Gasteiger partial charge in [0.15, 0.2) is 0 Å². The first-order chi connectivity index (χ1) is 11.3. The number of likely N-dealkylation sites (tertiary alicyclic amines) is 1. The van der Waals surface area contributed by atoms with Gasteiger partial charge in [-0.3, -0.25) is 4.90 Å². The summed E-state index contributed by atoms with van der Waals surface area (Å²) in [6.07, 6.45) is 1.00. The number of likely N-dealkylation sites (N-methyl/N-ethyl adjacent to an activating group) is 1. The molecule has 1 aliphatic rings. The fourth-order valence-electron chi connectivity index (χ4n) is 3.10. The van der Waals surface area contributed by atoms with Crippen molar-refractivity contribution in [3.63, 3.8) is 0 Å². The standard InChI is InChI=1S/C19H23N3O/c1-2-21-14-13-18(15-21)22(17-11-7-4-8-12-17)19(23)20-16-9-5-3-6-10-16/h3-12,18H,2,13-15H2,1H3,(H,20,23)/t18-/m1/s1. The quantitative estimate of drug-likeness (QED) is 0.932. The van der Waals surface area contributed by atoms with Crippen LogP contribution in [0.1, 0.15) is 13.3 Å². The van der Waals surface area contributed by atoms with Gasteiger partial charge in [0.1, 0.15) is 0 Å². The summed E-state index contributed by atoms with van der Waals surface area (Å²) in [5, 5.41) is 3.02. The van der Waals surface area contributed by atoms with Crippen LogP contribution in [-0.4, -0.2) is 36.6 Å². The lowest BCUT2D eigenvalue weighted by atomic mass is 10.2. The first-order valence-electron chi connectivity index (χ1n) is 8.20. The number of benzene rings is 2. The van der Waals surface area contributed by atoms with Gasteiger partial charge in [-0.2, -0.15) is 0 Å². The summed E-state index contributed by atoms with van der Waals surface area (Å²) in [4.78, 5) is 17.2. The van der Waals surface area contributed by atoms with Gasteiger partial charge in [0.05, 0.1) is 6.04 Å². The van der Waals surface area contributed by atoms with Crippen LogP contribution in [0.25, 0.3) is 0 Å². The van der Waals surface area contributed by atoms with Gasteiger partial charge in [0, 0.05) is 24.5 Å². The van der Waals surface area contributed by atoms with Crippen LogP contribution in [0.4, 0.5) is 16.2 Å². The van der Waals surface area contributed by atoms with Crippen molar-refractivity contribution in [1.82, 2.24) is 4.90 Å². The summed E-state index contributed by atoms with van der Waals surface area (Å²) in [6, 6.07) is 19.7. The Labute approximate surface area is 137 Å². The molecular formula is C19H23N3O. The highest BCUT2D eigenvalue weighted by Crippen LogP contribution is 2.24. The second-order valence-electron chi connectivity index (χ2n) is 5.84. The van der Waals surface area contributed by atoms with Crippen LogP contribution in [0, 0.1) is 0 Å². The summed E-state index contributed by atoms with van der Waals surface area (Å²) < 4.78 is 0. The number of hydrogen-bond acceptors (Lipinski definition) is 2. The minimum Gasteiger partial charge on any atom is -0.308 e. The first-order valence-corrected chi connectivity index (χ1v) is 8.20. The molecule has 0 spiro atoms. The van der Waals surface area contributed by atoms with Crippen molar-refractivity contribution in [3.05, 3.63) is 60.7 Å². The highest BCUT2D eigenvalue weighted by molar-refractivity contribution is 6.02. The number of para-hydroxylation sites is 2. The summed E-state index contributed by atoms with van der Waals surface area (Å²) in [5.74, 6) is 0. The van der Waals surface area contributed by atoms with E-state index in [4.69, 9.17) is 0 Å². The summed E-state index contributed by atoms with van der Waals surface area (Å²) in [5.41, 5.74) is 1.77. The van der Waals surface area contributed by atoms with Gasteiger partial charge in [-0.25, -0.2) is 4.79 Å². The monoisotopic (exact) mass is 309 g/mol. The van der Waals surface area contributed by atoms with Crippen molar-refractivity contribution in [1.29, 1.82) is 0 Å². The largest absolute Gasteiger partial charge is 0.326 e. The lowest BCUT2D eigenvalue weighted by molar-refractivity contribution is 0.254. The van der Waals surface area contributed by atoms with E-state index in [1.165, 1.54) is 0 Å². The molecule has 4 heteroatoms. The Morgan fingerprint density at radius 1 is 1.13 bits per heavy atom. The van der Waals surface area contributed by atoms with Crippen LogP contribution >= 0.6 is 0 Å². The maximum absolute atomic E-state index is 12.9. The molecule has 0 aliphatic carbocycles. The van der Waals surface area contributed by atoms with Gasteiger partial charge in [0.2, 0.25) is 0 Å². The minimum absolute atomic E-state index is 0.0645. The van der Waals surface area contributed by atoms with Crippen LogP contribution in [0.3, 0.4) is 0 Å². The van der Waals surface area contributed by atoms with Crippen molar-refractivity contribution in [2.45, 2.75) is 19.4 Å². The predicted octanol–water partition coefficient (Wildman–Crippen LogP) is 3.82. The third kappa shape index (κ3) is 3.71. The Bertz CT molecular complexity index is 630. The Balaban J connectivity index is 1.82. The van der Waals surface area contributed by atoms with Crippen LogP contribution in [0.15, 0.2) is 60.7 Å². The molecule has 1 heterocycles. The number of carbonyl (C=O) groups excluding carboxylic acids is 1. The Kier molecular flexibility index (Phi) is 4.93. The number of nitrogens with one attached hydrogen (secondary N) is 1. The number of amides is 2. The average molecular weight is 309 g/mol. The first kappa shape index (κ1) is 15.6. The van der Waals surface area contributed by atoms with E-state index in [1.54, 1.807) is 0 Å². The van der Waals surface area contributed by atoms with E-state index >= 15 is 0 Å². The molecule has 2 aromatic carbocycles. The highest BCUT2D eigenvalue weighted by Gasteiger charge is 2.31. The topological polar surface area (TPSA) is 35.6 Å². The van der Waals surface area contributed by atoms with Gasteiger partial charge in [0.25, 0.3) is 0 Å². The molecular weight excluding hydrogens is 286 g/mol. The van der Waals surface area contributed by atoms with Gasteiger partial charge < -0.3 is 10.2 Å². The molecule has 1 saturated heterocycles. The van der Waals surface area contributed by atoms with E-state index < -0.39 is 0 Å². The van der Waals surface area contributed by atoms with Crippen molar-refractivity contribution in [2.75, 3.05) is 29.9 Å². The number of anilines is 2. The zero-order chi connectivity index (χ0) is 16.1. The van der Waals surface area contributed by atoms with Crippen molar-refractivity contribution < 1.29 is 4.79 Å². The van der Waals surface area contributed by atoms with E-state index in [0.29, 0.717) is 0 Å². The minimum atomic E-state index is -0.0645. The van der Waals surface area contributed by atoms with Crippen LogP contribution in [0.2, 0.25) is 0 Å². The molecule has 0 aromatic heterocycles. The Hall–Kier alpha value is -2.33. The third-order valence-corrected chi connectivity index (χ3v) is 4.34. The van der Waals surface area contributed by atoms with Gasteiger partial charge in [-0.1, -0.05) is 43.3 Å². The Morgan fingerprint density at radius 2 is 1.78 bits per heavy atom. The van der Waals surface area contributed by atoms with Crippen molar-refractivity contribution in [2.24, 2.45) is 0 Å². The normalized spacial score (nSPS) is 17.9. The molecule has 1 fully saturated rings. The molecule has 0 unspecified atom stereocenters. The maximum Gasteiger partial charge on any atom is 0.326 e. The molecule has 23 heavy (non-hydrogen) atoms. The molecule has 0 bridgehead atoms. The molecule has 4 nitrogen and oxygen atoms in total. The molecule has 1 aliphatic heterocycles. The number of hydrogen-bond donors (Lipinski definition) is 1. The van der Waals surface area contributed by atoms with Crippen molar-refractivity contribution in [3.8, 4) is 0 Å². The van der Waals surface area contributed by atoms with Crippen LogP contribution in [0.5, 0.6) is 0 Å². The molecule has 2 aromatic rings. The van der Waals surface area contributed by atoms with Crippen molar-refractivity contribution >= 4 is 17.4 Å². The summed E-state index contributed by atoms with van der Waals surface area (Å²) in [7, 11) is 0. The molecule has 1 atom stereocenters. The fraction of sp³-hybridized carbons (Fsp3) is 0.316. The van der Waals surface area contributed by atoms with Crippen LogP contribution < -0.4 is 10.2 Å². The lowest BCUT2D eigenvalue weighted by Gasteiger charge is -2.29. The molecule has 3 rings (SSSR count). The number of urea groups is 1. The molecule has 2 amide bonds. The van der Waals surface area contributed by atoms with E-state index in [9.17, 15) is 4.79 Å². The smallest absolute Gasteiger partial charge is 0.308 e. The second kappa shape index (κ2) is 7.29. The molecule has 1 N–H and O–H groups in total. The van der Waals surface area contributed by atoms with Gasteiger partial charge in [-0.05, 0) is 37.2 Å². The maximum atomic E-state index is 12.9. The lowest BCUT2D eigenvalue weighted by Crippen LogP contribution is -2.44. The molecule has 120 valence electrons. The van der Waals surface area contributed by atoms with Crippen LogP contribution in [-0.2, 0) is 0 Å². The molecule has 0 radical (unpaired) electrons. The predicted molar refractivity (Wildman–Crippen MR) is 94.9 cm³/mol. The third-order valence-electron chi connectivity index (χ3n) is 4.34. The van der Waals surface area contributed by atoms with Gasteiger partial charge in [-0.15, -0.1) is 0 Å². The number of carbonyl (C=O) groups is 1. The van der Waals surface area contributed by atoms with Gasteiger partial charge >= 0.3 is 6.03 Å². The fourth-order valence-corrected chi connectivity index (χ4v) is 3.10. The van der Waals surface area contributed by atoms with E-state index in [2.05, 4.69) is 17.1 Å². The second-order valence-corrected chi connectivity index (χ2v) is 5.84. The zero-order valence-electron chi connectivity index (χ0n) is 13.5. The van der Waals surface area contributed by atoms with E-state index in [0.717, 1.165) is 37.4 Å². The summed E-state index contributed by atoms with van der Waals surface area (Å²) >= 11 is 0. The SMILES string of the molecule is CCN1CC[C@@H](N(C(=O)Nc2ccccc2)c2ccccc2)C1. The average Bonchev–Trinajstić information content (AvgIpc) is 3.05. The molecule has 0 saturated carbocycles. The van der Waals surface area contributed by atoms with E-state index in [-0.39, 0.29) is 12.1 Å². The zero-order valence-corrected chi connectivity index (χ0v) is 13.5. The number of rotatable bonds is 4. The number of nitrogens with zero attached hydrogens (tertiary/aromatic N) is 2.